The molecule has 1 aliphatic rings. The molecule has 0 bridgehead atoms. The van der Waals surface area contributed by atoms with Crippen LogP contribution in [0.25, 0.3) is 0 Å². The zero-order chi connectivity index (χ0) is 12.1. The van der Waals surface area contributed by atoms with Crippen molar-refractivity contribution in [1.29, 1.82) is 0 Å². The molecular weight excluding hydrogens is 210 g/mol. The van der Waals surface area contributed by atoms with E-state index in [1.165, 1.54) is 24.0 Å². The van der Waals surface area contributed by atoms with Crippen molar-refractivity contribution in [2.24, 2.45) is 5.73 Å². The van der Waals surface area contributed by atoms with Crippen molar-refractivity contribution < 1.29 is 4.74 Å². The molecule has 0 aliphatic heterocycles. The maximum atomic E-state index is 5.94. The lowest BCUT2D eigenvalue weighted by Gasteiger charge is -2.17. The smallest absolute Gasteiger partial charge is 0.118 e. The van der Waals surface area contributed by atoms with Gasteiger partial charge in [-0.3, -0.25) is 0 Å². The van der Waals surface area contributed by atoms with Crippen LogP contribution in [-0.2, 0) is 6.42 Å². The molecule has 2 N–H and O–H groups in total. The first-order chi connectivity index (χ1) is 8.28. The first-order valence-electron chi connectivity index (χ1n) is 6.36. The Hall–Kier alpha value is -1.28. The van der Waals surface area contributed by atoms with E-state index in [9.17, 15) is 0 Å². The van der Waals surface area contributed by atoms with Gasteiger partial charge in [-0.15, -0.1) is 0 Å². The molecule has 0 saturated carbocycles. The minimum absolute atomic E-state index is 0.287. The third-order valence-corrected chi connectivity index (χ3v) is 3.38. The van der Waals surface area contributed by atoms with Crippen LogP contribution in [0.1, 0.15) is 31.2 Å². The van der Waals surface area contributed by atoms with Gasteiger partial charge in [0, 0.05) is 6.04 Å². The van der Waals surface area contributed by atoms with Crippen LogP contribution in [0, 0.1) is 0 Å². The van der Waals surface area contributed by atoms with Crippen LogP contribution >= 0.6 is 0 Å². The second-order valence-electron chi connectivity index (χ2n) is 4.73. The summed E-state index contributed by atoms with van der Waals surface area (Å²) in [5.74, 6) is 0.924. The summed E-state index contributed by atoms with van der Waals surface area (Å²) in [6, 6.07) is 8.62. The van der Waals surface area contributed by atoms with Crippen molar-refractivity contribution in [2.45, 2.75) is 38.1 Å². The number of allylic oxidation sites excluding steroid dienone is 1. The molecule has 1 atom stereocenters. The maximum absolute atomic E-state index is 5.94. The van der Waals surface area contributed by atoms with Crippen molar-refractivity contribution in [1.82, 2.24) is 0 Å². The van der Waals surface area contributed by atoms with E-state index in [-0.39, 0.29) is 6.04 Å². The van der Waals surface area contributed by atoms with Crippen molar-refractivity contribution in [3.8, 4) is 5.75 Å². The third kappa shape index (κ3) is 3.60. The van der Waals surface area contributed by atoms with Crippen molar-refractivity contribution in [2.75, 3.05) is 7.11 Å². The fourth-order valence-corrected chi connectivity index (χ4v) is 2.34. The lowest BCUT2D eigenvalue weighted by Crippen LogP contribution is -2.20. The maximum Gasteiger partial charge on any atom is 0.118 e. The van der Waals surface area contributed by atoms with Crippen LogP contribution in [0.5, 0.6) is 5.75 Å². The largest absolute Gasteiger partial charge is 0.497 e. The predicted molar refractivity (Wildman–Crippen MR) is 71.2 cm³/mol. The van der Waals surface area contributed by atoms with E-state index >= 15 is 0 Å². The van der Waals surface area contributed by atoms with Gasteiger partial charge in [0.05, 0.1) is 7.11 Å². The van der Waals surface area contributed by atoms with Crippen LogP contribution in [0.4, 0.5) is 0 Å². The van der Waals surface area contributed by atoms with Gasteiger partial charge in [-0.05, 0) is 49.8 Å². The van der Waals surface area contributed by atoms with Crippen molar-refractivity contribution >= 4 is 0 Å². The molecule has 0 spiro atoms. The van der Waals surface area contributed by atoms with Crippen molar-refractivity contribution in [3.05, 3.63) is 41.5 Å². The summed E-state index contributed by atoms with van der Waals surface area (Å²) >= 11 is 0. The Morgan fingerprint density at radius 3 is 2.65 bits per heavy atom. The molecule has 2 nitrogen and oxygen atoms in total. The Morgan fingerprint density at radius 2 is 2.00 bits per heavy atom. The molecule has 0 aromatic heterocycles. The Balaban J connectivity index is 1.88. The average Bonchev–Trinajstić information content (AvgIpc) is 2.37. The molecule has 1 unspecified atom stereocenters. The van der Waals surface area contributed by atoms with Gasteiger partial charge in [-0.25, -0.2) is 0 Å². The van der Waals surface area contributed by atoms with Gasteiger partial charge in [-0.2, -0.15) is 0 Å². The van der Waals surface area contributed by atoms with Gasteiger partial charge in [0.1, 0.15) is 5.75 Å². The Labute approximate surface area is 103 Å². The lowest BCUT2D eigenvalue weighted by atomic mass is 9.92. The number of methoxy groups -OCH3 is 1. The van der Waals surface area contributed by atoms with Crippen LogP contribution in [0.3, 0.4) is 0 Å². The molecule has 92 valence electrons. The summed E-state index contributed by atoms with van der Waals surface area (Å²) in [5, 5.41) is 0. The average molecular weight is 231 g/mol. The molecule has 1 aromatic carbocycles. The zero-order valence-corrected chi connectivity index (χ0v) is 10.5. The normalized spacial score (nSPS) is 19.9. The SMILES string of the molecule is COc1ccc(CCC2=CC(N)CCC2)cc1. The number of hydrogen-bond acceptors (Lipinski definition) is 2. The number of benzene rings is 1. The molecule has 1 aromatic rings. The number of nitrogens with two attached hydrogens (primary N) is 1. The quantitative estimate of drug-likeness (QED) is 0.808. The Kier molecular flexibility index (Phi) is 4.21. The lowest BCUT2D eigenvalue weighted by molar-refractivity contribution is 0.414. The second kappa shape index (κ2) is 5.87. The van der Waals surface area contributed by atoms with E-state index < -0.39 is 0 Å². The standard InChI is InChI=1S/C15H21NO/c1-17-15-9-7-12(8-10-15)5-6-13-3-2-4-14(16)11-13/h7-11,14H,2-6,16H2,1H3. The number of hydrogen-bond donors (Lipinski definition) is 1. The molecule has 17 heavy (non-hydrogen) atoms. The summed E-state index contributed by atoms with van der Waals surface area (Å²) in [6.07, 6.45) is 8.11. The van der Waals surface area contributed by atoms with Crippen LogP contribution in [0.15, 0.2) is 35.9 Å². The number of ether oxygens (including phenoxy) is 1. The first-order valence-corrected chi connectivity index (χ1v) is 6.36. The number of rotatable bonds is 4. The van der Waals surface area contributed by atoms with Gasteiger partial charge in [0.2, 0.25) is 0 Å². The summed E-state index contributed by atoms with van der Waals surface area (Å²) in [6.45, 7) is 0. The summed E-state index contributed by atoms with van der Waals surface area (Å²) in [5.41, 5.74) is 8.83. The van der Waals surface area contributed by atoms with Gasteiger partial charge >= 0.3 is 0 Å². The third-order valence-electron chi connectivity index (χ3n) is 3.38. The van der Waals surface area contributed by atoms with E-state index in [4.69, 9.17) is 10.5 Å². The second-order valence-corrected chi connectivity index (χ2v) is 4.73. The highest BCUT2D eigenvalue weighted by molar-refractivity contribution is 5.27. The van der Waals surface area contributed by atoms with Gasteiger partial charge in [0.15, 0.2) is 0 Å². The van der Waals surface area contributed by atoms with E-state index in [1.54, 1.807) is 7.11 Å². The summed E-state index contributed by atoms with van der Waals surface area (Å²) in [7, 11) is 1.70. The van der Waals surface area contributed by atoms with E-state index in [0.29, 0.717) is 0 Å². The highest BCUT2D eigenvalue weighted by Crippen LogP contribution is 2.22. The molecule has 1 aliphatic carbocycles. The molecule has 0 fully saturated rings. The number of aryl methyl sites for hydroxylation is 1. The van der Waals surface area contributed by atoms with Gasteiger partial charge in [0.25, 0.3) is 0 Å². The molecule has 0 saturated heterocycles. The van der Waals surface area contributed by atoms with Crippen molar-refractivity contribution in [3.63, 3.8) is 0 Å². The highest BCUT2D eigenvalue weighted by atomic mass is 16.5. The van der Waals surface area contributed by atoms with Gasteiger partial charge < -0.3 is 10.5 Å². The van der Waals surface area contributed by atoms with Crippen LogP contribution in [-0.4, -0.2) is 13.2 Å². The monoisotopic (exact) mass is 231 g/mol. The zero-order valence-electron chi connectivity index (χ0n) is 10.5. The minimum Gasteiger partial charge on any atom is -0.497 e. The van der Waals surface area contributed by atoms with Gasteiger partial charge in [-0.1, -0.05) is 23.8 Å². The van der Waals surface area contributed by atoms with E-state index in [2.05, 4.69) is 18.2 Å². The highest BCUT2D eigenvalue weighted by Gasteiger charge is 2.09. The molecule has 0 heterocycles. The topological polar surface area (TPSA) is 35.2 Å². The fraction of sp³-hybridized carbons (Fsp3) is 0.467. The Bertz CT molecular complexity index is 380. The molecule has 0 radical (unpaired) electrons. The Morgan fingerprint density at radius 1 is 1.24 bits per heavy atom. The van der Waals surface area contributed by atoms with Crippen LogP contribution in [0.2, 0.25) is 0 Å². The molecule has 0 amide bonds. The van der Waals surface area contributed by atoms with Crippen LogP contribution < -0.4 is 10.5 Å². The first kappa shape index (κ1) is 12.2. The van der Waals surface area contributed by atoms with E-state index in [1.807, 2.05) is 12.1 Å². The molecule has 2 rings (SSSR count). The molecule has 2 heteroatoms. The summed E-state index contributed by atoms with van der Waals surface area (Å²) in [4.78, 5) is 0. The minimum atomic E-state index is 0.287. The predicted octanol–water partition coefficient (Wildman–Crippen LogP) is 3.07. The fourth-order valence-electron chi connectivity index (χ4n) is 2.34. The summed E-state index contributed by atoms with van der Waals surface area (Å²) < 4.78 is 5.15. The molecular formula is C15H21NO. The van der Waals surface area contributed by atoms with E-state index in [0.717, 1.165) is 25.0 Å².